The Balaban J connectivity index is 2.44. The van der Waals surface area contributed by atoms with Gasteiger partial charge in [-0.25, -0.2) is 0 Å². The monoisotopic (exact) mass is 275 g/mol. The van der Waals surface area contributed by atoms with E-state index in [9.17, 15) is 0 Å². The van der Waals surface area contributed by atoms with Gasteiger partial charge in [0, 0.05) is 6.54 Å². The molecule has 0 radical (unpaired) electrons. The van der Waals surface area contributed by atoms with E-state index >= 15 is 0 Å². The molecule has 12 heavy (non-hydrogen) atoms. The molecule has 0 aliphatic rings. The molecule has 0 aliphatic heterocycles. The van der Waals surface area contributed by atoms with Crippen LogP contribution in [0.15, 0.2) is 33.5 Å². The Bertz CT molecular complexity index is 258. The minimum absolute atomic E-state index is 0.458. The molecule has 1 aromatic carbocycles. The zero-order valence-electron chi connectivity index (χ0n) is 6.50. The molecule has 0 aliphatic carbocycles. The largest absolute Gasteiger partial charge is 0.369 e. The first-order valence-corrected chi connectivity index (χ1v) is 4.51. The second-order valence-electron chi connectivity index (χ2n) is 2.31. The molecule has 0 fully saturated rings. The third-order valence-corrected chi connectivity index (χ3v) is 1.93. The maximum absolute atomic E-state index is 5.45. The predicted molar refractivity (Wildman–Crippen MR) is 58.9 cm³/mol. The molecular weight excluding hydrogens is 265 g/mol. The molecule has 0 spiro atoms. The molecule has 4 heteroatoms. The smallest absolute Gasteiger partial charge is 0.199 e. The lowest BCUT2D eigenvalue weighted by molar-refractivity contribution is 0.908. The van der Waals surface area contributed by atoms with Crippen molar-refractivity contribution in [3.63, 3.8) is 0 Å². The van der Waals surface area contributed by atoms with Gasteiger partial charge in [-0.2, -0.15) is 3.21 Å². The van der Waals surface area contributed by atoms with Gasteiger partial charge in [-0.05, 0) is 5.56 Å². The summed E-state index contributed by atoms with van der Waals surface area (Å²) in [5.74, 6) is 0.458. The molecule has 64 valence electrons. The normalized spacial score (nSPS) is 11.2. The van der Waals surface area contributed by atoms with E-state index in [4.69, 9.17) is 5.73 Å². The zero-order chi connectivity index (χ0) is 8.81. The van der Waals surface area contributed by atoms with Crippen molar-refractivity contribution in [3.05, 3.63) is 35.9 Å². The van der Waals surface area contributed by atoms with Gasteiger partial charge in [0.2, 0.25) is 0 Å². The second-order valence-corrected chi connectivity index (χ2v) is 2.79. The van der Waals surface area contributed by atoms with Crippen LogP contribution in [0.5, 0.6) is 0 Å². The highest BCUT2D eigenvalue weighted by Gasteiger charge is 1.90. The fraction of sp³-hybridized carbons (Fsp3) is 0.125. The molecule has 0 bridgehead atoms. The molecule has 0 saturated carbocycles. The molecule has 0 atom stereocenters. The molecule has 0 unspecified atom stereocenters. The van der Waals surface area contributed by atoms with Crippen LogP contribution in [0.3, 0.4) is 0 Å². The average Bonchev–Trinajstić information content (AvgIpc) is 2.16. The summed E-state index contributed by atoms with van der Waals surface area (Å²) in [4.78, 5) is 0. The summed E-state index contributed by atoms with van der Waals surface area (Å²) >= 11 is 1.86. The fourth-order valence-electron chi connectivity index (χ4n) is 0.818. The highest BCUT2D eigenvalue weighted by atomic mass is 127. The quantitative estimate of drug-likeness (QED) is 0.487. The van der Waals surface area contributed by atoms with Crippen molar-refractivity contribution in [1.82, 2.24) is 5.32 Å². The van der Waals surface area contributed by atoms with Crippen LogP contribution in [0.1, 0.15) is 5.56 Å². The van der Waals surface area contributed by atoms with E-state index < -0.39 is 0 Å². The van der Waals surface area contributed by atoms with Crippen molar-refractivity contribution >= 4 is 28.8 Å². The standard InChI is InChI=1S/C8H10IN3/c9-12-8(10)11-6-7-4-2-1-3-5-7/h1-5H,6H2,(H3,10,11,12). The molecule has 1 aromatic rings. The molecule has 0 amide bonds. The number of benzene rings is 1. The number of rotatable bonds is 2. The minimum atomic E-state index is 0.458. The second kappa shape index (κ2) is 4.97. The Kier molecular flexibility index (Phi) is 3.86. The van der Waals surface area contributed by atoms with Gasteiger partial charge in [0.1, 0.15) is 0 Å². The van der Waals surface area contributed by atoms with E-state index in [1.54, 1.807) is 0 Å². The zero-order valence-corrected chi connectivity index (χ0v) is 8.65. The summed E-state index contributed by atoms with van der Waals surface area (Å²) in [6.45, 7) is 0.721. The van der Waals surface area contributed by atoms with E-state index in [0.29, 0.717) is 5.96 Å². The minimum Gasteiger partial charge on any atom is -0.369 e. The lowest BCUT2D eigenvalue weighted by atomic mass is 10.2. The van der Waals surface area contributed by atoms with Crippen molar-refractivity contribution in [1.29, 1.82) is 0 Å². The Morgan fingerprint density at radius 1 is 1.42 bits per heavy atom. The molecular formula is C8H10IN3. The highest BCUT2D eigenvalue weighted by molar-refractivity contribution is 14.1. The van der Waals surface area contributed by atoms with Gasteiger partial charge in [0.15, 0.2) is 5.96 Å². The van der Waals surface area contributed by atoms with Crippen LogP contribution < -0.4 is 11.1 Å². The van der Waals surface area contributed by atoms with E-state index in [1.165, 1.54) is 5.56 Å². The van der Waals surface area contributed by atoms with Crippen LogP contribution in [-0.4, -0.2) is 5.96 Å². The van der Waals surface area contributed by atoms with Crippen LogP contribution in [0.25, 0.3) is 0 Å². The summed E-state index contributed by atoms with van der Waals surface area (Å²) in [5, 5.41) is 2.97. The molecule has 3 N–H and O–H groups in total. The molecule has 0 aromatic heterocycles. The van der Waals surface area contributed by atoms with Crippen molar-refractivity contribution < 1.29 is 0 Å². The summed E-state index contributed by atoms with van der Waals surface area (Å²) in [6.07, 6.45) is 0. The Labute approximate surface area is 85.6 Å². The van der Waals surface area contributed by atoms with E-state index in [-0.39, 0.29) is 0 Å². The first-order valence-electron chi connectivity index (χ1n) is 3.55. The number of hydrogen-bond acceptors (Lipinski definition) is 1. The van der Waals surface area contributed by atoms with Crippen LogP contribution in [-0.2, 0) is 6.54 Å². The number of nitrogens with two attached hydrogens (primary N) is 1. The molecule has 3 nitrogen and oxygen atoms in total. The van der Waals surface area contributed by atoms with Gasteiger partial charge < -0.3 is 11.1 Å². The average molecular weight is 275 g/mol. The number of nitrogens with zero attached hydrogens (tertiary/aromatic N) is 1. The van der Waals surface area contributed by atoms with Gasteiger partial charge in [-0.3, -0.25) is 0 Å². The summed E-state index contributed by atoms with van der Waals surface area (Å²) in [6, 6.07) is 10.0. The van der Waals surface area contributed by atoms with Crippen LogP contribution >= 0.6 is 22.9 Å². The van der Waals surface area contributed by atoms with Gasteiger partial charge in [0.05, 0.1) is 22.9 Å². The Morgan fingerprint density at radius 2 is 2.08 bits per heavy atom. The highest BCUT2D eigenvalue weighted by Crippen LogP contribution is 1.96. The number of nitrogens with one attached hydrogen (secondary N) is 1. The van der Waals surface area contributed by atoms with Crippen molar-refractivity contribution in [2.24, 2.45) is 8.94 Å². The fourth-order valence-corrected chi connectivity index (χ4v) is 0.989. The maximum Gasteiger partial charge on any atom is 0.199 e. The van der Waals surface area contributed by atoms with Crippen LogP contribution in [0.2, 0.25) is 0 Å². The Hall–Kier alpha value is -0.780. The SMILES string of the molecule is NC(=NI)NCc1ccccc1. The van der Waals surface area contributed by atoms with Crippen LogP contribution in [0, 0.1) is 0 Å². The van der Waals surface area contributed by atoms with Gasteiger partial charge in [-0.1, -0.05) is 30.3 Å². The van der Waals surface area contributed by atoms with Crippen molar-refractivity contribution in [3.8, 4) is 0 Å². The summed E-state index contributed by atoms with van der Waals surface area (Å²) in [5.41, 5.74) is 6.65. The summed E-state index contributed by atoms with van der Waals surface area (Å²) < 4.78 is 3.76. The van der Waals surface area contributed by atoms with E-state index in [1.807, 2.05) is 53.2 Å². The van der Waals surface area contributed by atoms with Crippen LogP contribution in [0.4, 0.5) is 0 Å². The lowest BCUT2D eigenvalue weighted by Crippen LogP contribution is -2.30. The Morgan fingerprint density at radius 3 is 2.67 bits per heavy atom. The van der Waals surface area contributed by atoms with Gasteiger partial charge >= 0.3 is 0 Å². The maximum atomic E-state index is 5.45. The van der Waals surface area contributed by atoms with Gasteiger partial charge in [0.25, 0.3) is 0 Å². The third-order valence-electron chi connectivity index (χ3n) is 1.41. The van der Waals surface area contributed by atoms with Crippen molar-refractivity contribution in [2.75, 3.05) is 0 Å². The lowest BCUT2D eigenvalue weighted by Gasteiger charge is -2.02. The third kappa shape index (κ3) is 3.08. The number of hydrogen-bond donors (Lipinski definition) is 2. The number of guanidine groups is 1. The van der Waals surface area contributed by atoms with Crippen molar-refractivity contribution in [2.45, 2.75) is 6.54 Å². The molecule has 0 saturated heterocycles. The predicted octanol–water partition coefficient (Wildman–Crippen LogP) is 1.44. The van der Waals surface area contributed by atoms with E-state index in [0.717, 1.165) is 6.54 Å². The molecule has 0 heterocycles. The number of halogens is 1. The van der Waals surface area contributed by atoms with Gasteiger partial charge in [-0.15, -0.1) is 0 Å². The first-order chi connectivity index (χ1) is 5.83. The summed E-state index contributed by atoms with van der Waals surface area (Å²) in [7, 11) is 0. The topological polar surface area (TPSA) is 50.4 Å². The first kappa shape index (κ1) is 9.31. The molecule has 1 rings (SSSR count). The van der Waals surface area contributed by atoms with E-state index in [2.05, 4.69) is 8.52 Å².